The van der Waals surface area contributed by atoms with Gasteiger partial charge in [-0.05, 0) is 50.2 Å². The van der Waals surface area contributed by atoms with Crippen molar-refractivity contribution in [2.75, 3.05) is 11.9 Å². The van der Waals surface area contributed by atoms with E-state index in [1.165, 1.54) is 0 Å². The Hall–Kier alpha value is -1.84. The molecule has 0 aliphatic rings. The van der Waals surface area contributed by atoms with E-state index in [2.05, 4.69) is 38.3 Å². The highest BCUT2D eigenvalue weighted by molar-refractivity contribution is 6.10. The van der Waals surface area contributed by atoms with Crippen molar-refractivity contribution in [2.24, 2.45) is 11.3 Å². The third-order valence-electron chi connectivity index (χ3n) is 4.38. The lowest BCUT2D eigenvalue weighted by atomic mass is 9.90. The Labute approximate surface area is 146 Å². The maximum Gasteiger partial charge on any atom is 0.239 e. The zero-order valence-electron chi connectivity index (χ0n) is 16.0. The summed E-state index contributed by atoms with van der Waals surface area (Å²) in [6, 6.07) is 6.05. The summed E-state index contributed by atoms with van der Waals surface area (Å²) in [6.07, 6.45) is 2.58. The van der Waals surface area contributed by atoms with Crippen LogP contribution >= 0.6 is 0 Å². The summed E-state index contributed by atoms with van der Waals surface area (Å²) in [5, 5.41) is 5.88. The molecule has 0 fully saturated rings. The van der Waals surface area contributed by atoms with E-state index in [0.29, 0.717) is 12.5 Å². The zero-order chi connectivity index (χ0) is 18.3. The summed E-state index contributed by atoms with van der Waals surface area (Å²) in [4.78, 5) is 25.2. The number of hydrogen-bond acceptors (Lipinski definition) is 2. The summed E-state index contributed by atoms with van der Waals surface area (Å²) in [6.45, 7) is 12.3. The molecule has 24 heavy (non-hydrogen) atoms. The van der Waals surface area contributed by atoms with Crippen molar-refractivity contribution in [1.29, 1.82) is 0 Å². The van der Waals surface area contributed by atoms with Crippen LogP contribution in [-0.2, 0) is 22.4 Å². The Kier molecular flexibility index (Phi) is 7.46. The predicted octanol–water partition coefficient (Wildman–Crippen LogP) is 3.94. The van der Waals surface area contributed by atoms with Crippen LogP contribution in [0.15, 0.2) is 18.2 Å². The molecule has 134 valence electrons. The molecular weight excluding hydrogens is 300 g/mol. The summed E-state index contributed by atoms with van der Waals surface area (Å²) in [5.74, 6) is 0.0265. The second-order valence-electron chi connectivity index (χ2n) is 7.18. The Morgan fingerprint density at radius 2 is 1.58 bits per heavy atom. The minimum atomic E-state index is -1.11. The molecule has 0 aromatic heterocycles. The number of para-hydroxylation sites is 1. The van der Waals surface area contributed by atoms with E-state index in [4.69, 9.17) is 0 Å². The van der Waals surface area contributed by atoms with Crippen LogP contribution < -0.4 is 10.6 Å². The summed E-state index contributed by atoms with van der Waals surface area (Å²) in [5.41, 5.74) is 1.94. The average Bonchev–Trinajstić information content (AvgIpc) is 2.54. The van der Waals surface area contributed by atoms with Crippen molar-refractivity contribution < 1.29 is 9.59 Å². The van der Waals surface area contributed by atoms with E-state index in [1.807, 2.05) is 18.2 Å². The predicted molar refractivity (Wildman–Crippen MR) is 100 cm³/mol. The lowest BCUT2D eigenvalue weighted by Crippen LogP contribution is -2.45. The number of rotatable bonds is 8. The van der Waals surface area contributed by atoms with Gasteiger partial charge < -0.3 is 10.6 Å². The molecule has 0 saturated heterocycles. The number of nitrogens with one attached hydrogen (secondary N) is 2. The average molecular weight is 332 g/mol. The number of aryl methyl sites for hydroxylation is 2. The summed E-state index contributed by atoms with van der Waals surface area (Å²) >= 11 is 0. The maximum atomic E-state index is 12.7. The molecule has 0 spiro atoms. The molecule has 1 aromatic rings. The first-order valence-electron chi connectivity index (χ1n) is 8.94. The molecule has 4 heteroatoms. The van der Waals surface area contributed by atoms with Crippen LogP contribution in [0.1, 0.15) is 59.1 Å². The monoisotopic (exact) mass is 332 g/mol. The van der Waals surface area contributed by atoms with Gasteiger partial charge in [0, 0.05) is 12.2 Å². The van der Waals surface area contributed by atoms with Crippen molar-refractivity contribution in [2.45, 2.75) is 60.8 Å². The first-order chi connectivity index (χ1) is 11.2. The number of hydrogen-bond donors (Lipinski definition) is 2. The molecule has 2 amide bonds. The fraction of sp³-hybridized carbons (Fsp3) is 0.600. The van der Waals surface area contributed by atoms with Crippen molar-refractivity contribution in [3.63, 3.8) is 0 Å². The smallest absolute Gasteiger partial charge is 0.239 e. The second kappa shape index (κ2) is 8.86. The molecule has 1 aromatic carbocycles. The van der Waals surface area contributed by atoms with Gasteiger partial charge in [-0.1, -0.05) is 45.9 Å². The molecule has 0 saturated carbocycles. The fourth-order valence-electron chi connectivity index (χ4n) is 2.47. The number of anilines is 1. The van der Waals surface area contributed by atoms with Crippen LogP contribution in [0.4, 0.5) is 5.69 Å². The fourth-order valence-corrected chi connectivity index (χ4v) is 2.47. The normalized spacial score (nSPS) is 11.5. The zero-order valence-corrected chi connectivity index (χ0v) is 16.0. The van der Waals surface area contributed by atoms with Crippen molar-refractivity contribution in [3.05, 3.63) is 29.3 Å². The molecule has 0 radical (unpaired) electrons. The van der Waals surface area contributed by atoms with Gasteiger partial charge in [0.1, 0.15) is 5.41 Å². The summed E-state index contributed by atoms with van der Waals surface area (Å²) in [7, 11) is 0. The topological polar surface area (TPSA) is 58.2 Å². The van der Waals surface area contributed by atoms with Gasteiger partial charge >= 0.3 is 0 Å². The summed E-state index contributed by atoms with van der Waals surface area (Å²) < 4.78 is 0. The van der Waals surface area contributed by atoms with Crippen LogP contribution in [0, 0.1) is 11.3 Å². The minimum Gasteiger partial charge on any atom is -0.355 e. The van der Waals surface area contributed by atoms with Crippen LogP contribution in [-0.4, -0.2) is 18.4 Å². The molecule has 0 bridgehead atoms. The minimum absolute atomic E-state index is 0.229. The Morgan fingerprint density at radius 1 is 1.04 bits per heavy atom. The highest BCUT2D eigenvalue weighted by atomic mass is 16.2. The number of carbonyl (C=O) groups is 2. The van der Waals surface area contributed by atoms with Crippen LogP contribution in [0.25, 0.3) is 0 Å². The maximum absolute atomic E-state index is 12.7. The first-order valence-corrected chi connectivity index (χ1v) is 8.94. The standard InChI is InChI=1S/C20H32N2O2/c1-7-15-10-9-11-16(8-2)17(15)22-19(24)20(5,6)18(23)21-13-12-14(3)4/h9-11,14H,7-8,12-13H2,1-6H3,(H,21,23)(H,22,24). The van der Waals surface area contributed by atoms with Crippen molar-refractivity contribution in [3.8, 4) is 0 Å². The van der Waals surface area contributed by atoms with Gasteiger partial charge in [-0.2, -0.15) is 0 Å². The van der Waals surface area contributed by atoms with Crippen LogP contribution in [0.5, 0.6) is 0 Å². The van der Waals surface area contributed by atoms with Crippen LogP contribution in [0.2, 0.25) is 0 Å². The molecule has 0 aliphatic heterocycles. The molecule has 4 nitrogen and oxygen atoms in total. The molecule has 0 aliphatic carbocycles. The van der Waals surface area contributed by atoms with Gasteiger partial charge in [0.2, 0.25) is 11.8 Å². The first kappa shape index (κ1) is 20.2. The Bertz CT molecular complexity index is 555. The van der Waals surface area contributed by atoms with Gasteiger partial charge in [0.05, 0.1) is 0 Å². The molecule has 1 rings (SSSR count). The van der Waals surface area contributed by atoms with Gasteiger partial charge in [-0.3, -0.25) is 9.59 Å². The lowest BCUT2D eigenvalue weighted by Gasteiger charge is -2.24. The van der Waals surface area contributed by atoms with E-state index >= 15 is 0 Å². The van der Waals surface area contributed by atoms with E-state index in [1.54, 1.807) is 13.8 Å². The van der Waals surface area contributed by atoms with Crippen molar-refractivity contribution in [1.82, 2.24) is 5.32 Å². The molecule has 0 unspecified atom stereocenters. The molecular formula is C20H32N2O2. The van der Waals surface area contributed by atoms with E-state index in [-0.39, 0.29) is 11.8 Å². The van der Waals surface area contributed by atoms with Gasteiger partial charge in [0.15, 0.2) is 0 Å². The van der Waals surface area contributed by atoms with E-state index < -0.39 is 5.41 Å². The van der Waals surface area contributed by atoms with E-state index in [0.717, 1.165) is 36.1 Å². The highest BCUT2D eigenvalue weighted by Gasteiger charge is 2.36. The lowest BCUT2D eigenvalue weighted by molar-refractivity contribution is -0.138. The third-order valence-corrected chi connectivity index (χ3v) is 4.38. The van der Waals surface area contributed by atoms with E-state index in [9.17, 15) is 9.59 Å². The SMILES string of the molecule is CCc1cccc(CC)c1NC(=O)C(C)(C)C(=O)NCCC(C)C. The third kappa shape index (κ3) is 5.08. The largest absolute Gasteiger partial charge is 0.355 e. The quantitative estimate of drug-likeness (QED) is 0.708. The van der Waals surface area contributed by atoms with Crippen molar-refractivity contribution >= 4 is 17.5 Å². The number of benzene rings is 1. The van der Waals surface area contributed by atoms with Crippen LogP contribution in [0.3, 0.4) is 0 Å². The van der Waals surface area contributed by atoms with Gasteiger partial charge in [-0.15, -0.1) is 0 Å². The Balaban J connectivity index is 2.88. The molecule has 0 atom stereocenters. The van der Waals surface area contributed by atoms with Gasteiger partial charge in [-0.25, -0.2) is 0 Å². The number of amides is 2. The second-order valence-corrected chi connectivity index (χ2v) is 7.18. The van der Waals surface area contributed by atoms with Gasteiger partial charge in [0.25, 0.3) is 0 Å². The molecule has 0 heterocycles. The number of carbonyl (C=O) groups excluding carboxylic acids is 2. The Morgan fingerprint density at radius 3 is 2.04 bits per heavy atom. The molecule has 2 N–H and O–H groups in total. The highest BCUT2D eigenvalue weighted by Crippen LogP contribution is 2.26.